The first kappa shape index (κ1) is 24.5. The highest BCUT2D eigenvalue weighted by molar-refractivity contribution is 6.21. The minimum Gasteiger partial charge on any atom is -0.448 e. The largest absolute Gasteiger partial charge is 0.448 e. The van der Waals surface area contributed by atoms with E-state index in [1.54, 1.807) is 12.1 Å². The van der Waals surface area contributed by atoms with Crippen molar-refractivity contribution in [2.75, 3.05) is 26.4 Å². The van der Waals surface area contributed by atoms with Gasteiger partial charge in [-0.15, -0.1) is 0 Å². The van der Waals surface area contributed by atoms with Gasteiger partial charge in [-0.1, -0.05) is 65.7 Å². The molecule has 1 aliphatic carbocycles. The summed E-state index contributed by atoms with van der Waals surface area (Å²) in [6.07, 6.45) is 0.452. The Balaban J connectivity index is 1.10. The van der Waals surface area contributed by atoms with Gasteiger partial charge in [0.1, 0.15) is 12.6 Å². The molecule has 40 heavy (non-hydrogen) atoms. The second-order valence-electron chi connectivity index (χ2n) is 10.7. The highest BCUT2D eigenvalue weighted by atomic mass is 16.7. The lowest BCUT2D eigenvalue weighted by atomic mass is 9.66. The Bertz CT molecular complexity index is 1480. The molecule has 9 heteroatoms. The van der Waals surface area contributed by atoms with Crippen LogP contribution in [0.15, 0.2) is 72.8 Å². The van der Waals surface area contributed by atoms with Crippen molar-refractivity contribution in [3.8, 4) is 11.1 Å². The van der Waals surface area contributed by atoms with Crippen LogP contribution in [-0.2, 0) is 19.1 Å². The summed E-state index contributed by atoms with van der Waals surface area (Å²) in [5, 5.41) is 0.494. The van der Waals surface area contributed by atoms with Gasteiger partial charge in [0.05, 0.1) is 11.1 Å². The number of hydrogen-bond donors (Lipinski definition) is 0. The number of amides is 3. The van der Waals surface area contributed by atoms with Crippen LogP contribution in [0.1, 0.15) is 50.6 Å². The number of nitrogens with zero attached hydrogens (tertiary/aromatic N) is 2. The number of likely N-dealkylation sites (tertiary alicyclic amines) is 1. The Kier molecular flexibility index (Phi) is 5.71. The molecule has 1 atom stereocenters. The maximum atomic E-state index is 13.5. The van der Waals surface area contributed by atoms with Crippen LogP contribution >= 0.6 is 0 Å². The van der Waals surface area contributed by atoms with E-state index in [0.29, 0.717) is 37.7 Å². The van der Waals surface area contributed by atoms with Gasteiger partial charge >= 0.3 is 12.1 Å². The molecule has 3 aromatic rings. The molecular weight excluding hydrogens is 512 g/mol. The summed E-state index contributed by atoms with van der Waals surface area (Å²) < 4.78 is 11.3. The molecule has 7 rings (SSSR count). The second-order valence-corrected chi connectivity index (χ2v) is 10.7. The van der Waals surface area contributed by atoms with Crippen molar-refractivity contribution in [3.05, 3.63) is 95.1 Å². The van der Waals surface area contributed by atoms with E-state index in [4.69, 9.17) is 14.3 Å². The molecule has 0 N–H and O–H groups in total. The van der Waals surface area contributed by atoms with E-state index in [2.05, 4.69) is 12.1 Å². The number of benzene rings is 3. The predicted octanol–water partition coefficient (Wildman–Crippen LogP) is 4.17. The summed E-state index contributed by atoms with van der Waals surface area (Å²) in [6, 6.07) is 21.4. The van der Waals surface area contributed by atoms with E-state index >= 15 is 0 Å². The Hall–Kier alpha value is -4.50. The molecule has 0 bridgehead atoms. The molecule has 0 saturated carbocycles. The average molecular weight is 539 g/mol. The zero-order valence-corrected chi connectivity index (χ0v) is 21.6. The fraction of sp³-hybridized carbons (Fsp3) is 0.290. The highest BCUT2D eigenvalue weighted by Crippen LogP contribution is 2.48. The van der Waals surface area contributed by atoms with E-state index in [9.17, 15) is 19.2 Å². The molecular formula is C31H26N2O7. The quantitative estimate of drug-likeness (QED) is 0.460. The van der Waals surface area contributed by atoms with Crippen molar-refractivity contribution in [2.24, 2.45) is 5.41 Å². The maximum absolute atomic E-state index is 13.5. The Morgan fingerprint density at radius 1 is 0.800 bits per heavy atom. The number of hydrogen-bond acceptors (Lipinski definition) is 7. The van der Waals surface area contributed by atoms with Gasteiger partial charge in [-0.05, 0) is 47.2 Å². The van der Waals surface area contributed by atoms with Crippen molar-refractivity contribution in [1.29, 1.82) is 0 Å². The van der Waals surface area contributed by atoms with Crippen LogP contribution in [0.5, 0.6) is 0 Å². The van der Waals surface area contributed by atoms with Crippen LogP contribution in [0.2, 0.25) is 0 Å². The Morgan fingerprint density at radius 2 is 1.32 bits per heavy atom. The molecule has 2 saturated heterocycles. The standard InChI is InChI=1S/C31H26N2O7/c34-27-23-11-5-6-12-24(23)28(35)33(27)40-29(36)26-31(13-15-38-16-14-31)18-32(26)30(37)39-17-25-21-9-3-1-7-19(21)20-8-2-4-10-22(20)25/h1-12,25-26H,13-18H2. The number of ether oxygens (including phenoxy) is 2. The van der Waals surface area contributed by atoms with Crippen molar-refractivity contribution in [3.63, 3.8) is 0 Å². The summed E-state index contributed by atoms with van der Waals surface area (Å²) in [6.45, 7) is 1.29. The van der Waals surface area contributed by atoms with Crippen LogP contribution in [0.3, 0.4) is 0 Å². The summed E-state index contributed by atoms with van der Waals surface area (Å²) in [5.74, 6) is -2.38. The third-order valence-electron chi connectivity index (χ3n) is 8.60. The summed E-state index contributed by atoms with van der Waals surface area (Å²) in [5.41, 5.74) is 4.18. The van der Waals surface area contributed by atoms with Crippen molar-refractivity contribution < 1.29 is 33.5 Å². The SMILES string of the molecule is O=C(ON1C(=O)c2ccccc2C1=O)C1N(C(=O)OCC2c3ccccc3-c3ccccc32)CC12CCOCC2. The molecule has 3 amide bonds. The molecule has 3 heterocycles. The lowest BCUT2D eigenvalue weighted by Crippen LogP contribution is -2.71. The molecule has 1 spiro atoms. The minimum absolute atomic E-state index is 0.111. The van der Waals surface area contributed by atoms with Gasteiger partial charge in [-0.25, -0.2) is 9.59 Å². The van der Waals surface area contributed by atoms with E-state index in [1.807, 2.05) is 36.4 Å². The highest BCUT2D eigenvalue weighted by Gasteiger charge is 2.60. The molecule has 202 valence electrons. The third kappa shape index (κ3) is 3.65. The van der Waals surface area contributed by atoms with Gasteiger partial charge in [0.2, 0.25) is 0 Å². The molecule has 1 unspecified atom stereocenters. The number of fused-ring (bicyclic) bond motifs is 4. The molecule has 3 aromatic carbocycles. The van der Waals surface area contributed by atoms with E-state index in [1.165, 1.54) is 17.0 Å². The number of imide groups is 1. The topological polar surface area (TPSA) is 102 Å². The van der Waals surface area contributed by atoms with Crippen LogP contribution in [-0.4, -0.2) is 66.2 Å². The number of hydroxylamine groups is 2. The summed E-state index contributed by atoms with van der Waals surface area (Å²) >= 11 is 0. The third-order valence-corrected chi connectivity index (χ3v) is 8.60. The van der Waals surface area contributed by atoms with Gasteiger partial charge in [0.25, 0.3) is 11.8 Å². The maximum Gasteiger partial charge on any atom is 0.410 e. The first-order valence-corrected chi connectivity index (χ1v) is 13.4. The average Bonchev–Trinajstić information content (AvgIpc) is 3.42. The van der Waals surface area contributed by atoms with Crippen molar-refractivity contribution >= 4 is 23.9 Å². The van der Waals surface area contributed by atoms with Gasteiger partial charge in [0.15, 0.2) is 0 Å². The lowest BCUT2D eigenvalue weighted by molar-refractivity contribution is -0.198. The van der Waals surface area contributed by atoms with Gasteiger partial charge < -0.3 is 14.3 Å². The number of carbonyl (C=O) groups excluding carboxylic acids is 4. The predicted molar refractivity (Wildman–Crippen MR) is 141 cm³/mol. The van der Waals surface area contributed by atoms with E-state index in [-0.39, 0.29) is 23.7 Å². The number of rotatable bonds is 4. The second kappa shape index (κ2) is 9.31. The summed E-state index contributed by atoms with van der Waals surface area (Å²) in [4.78, 5) is 59.3. The summed E-state index contributed by atoms with van der Waals surface area (Å²) in [7, 11) is 0. The molecule has 2 fully saturated rings. The molecule has 0 aromatic heterocycles. The minimum atomic E-state index is -1.00. The van der Waals surface area contributed by atoms with Crippen molar-refractivity contribution in [1.82, 2.24) is 9.96 Å². The Labute approximate surface area is 230 Å². The van der Waals surface area contributed by atoms with Crippen LogP contribution in [0.4, 0.5) is 4.79 Å². The first-order valence-electron chi connectivity index (χ1n) is 13.4. The van der Waals surface area contributed by atoms with Crippen molar-refractivity contribution in [2.45, 2.75) is 24.8 Å². The van der Waals surface area contributed by atoms with Gasteiger partial charge in [0, 0.05) is 31.1 Å². The van der Waals surface area contributed by atoms with E-state index in [0.717, 1.165) is 22.3 Å². The van der Waals surface area contributed by atoms with Gasteiger partial charge in [-0.2, -0.15) is 0 Å². The van der Waals surface area contributed by atoms with Crippen LogP contribution in [0.25, 0.3) is 11.1 Å². The molecule has 3 aliphatic heterocycles. The van der Waals surface area contributed by atoms with E-state index < -0.39 is 35.3 Å². The number of carbonyl (C=O) groups is 4. The van der Waals surface area contributed by atoms with Crippen LogP contribution < -0.4 is 0 Å². The monoisotopic (exact) mass is 538 g/mol. The first-order chi connectivity index (χ1) is 19.5. The van der Waals surface area contributed by atoms with Crippen LogP contribution in [0, 0.1) is 5.41 Å². The molecule has 0 radical (unpaired) electrons. The lowest BCUT2D eigenvalue weighted by Gasteiger charge is -2.56. The molecule has 4 aliphatic rings. The Morgan fingerprint density at radius 3 is 1.90 bits per heavy atom. The normalized spacial score (nSPS) is 20.6. The fourth-order valence-electron chi connectivity index (χ4n) is 6.56. The fourth-order valence-corrected chi connectivity index (χ4v) is 6.56. The zero-order chi connectivity index (χ0) is 27.4. The smallest absolute Gasteiger partial charge is 0.410 e. The zero-order valence-electron chi connectivity index (χ0n) is 21.6. The van der Waals surface area contributed by atoms with Gasteiger partial charge in [-0.3, -0.25) is 14.5 Å². The molecule has 9 nitrogen and oxygen atoms in total.